The summed E-state index contributed by atoms with van der Waals surface area (Å²) in [6.45, 7) is 8.82. The smallest absolute Gasteiger partial charge is 0.409 e. The molecule has 1 aromatic heterocycles. The Labute approximate surface area is 303 Å². The molecule has 0 saturated carbocycles. The fourth-order valence-electron chi connectivity index (χ4n) is 5.42. The van der Waals surface area contributed by atoms with Gasteiger partial charge < -0.3 is 38.5 Å². The normalized spacial score (nSPS) is 15.2. The van der Waals surface area contributed by atoms with Gasteiger partial charge in [0.05, 0.1) is 52.1 Å². The molecule has 3 aromatic carbocycles. The number of hydrogen-bond acceptors (Lipinski definition) is 11. The second-order valence-electron chi connectivity index (χ2n) is 13.4. The molecule has 0 atom stereocenters. The molecule has 1 N–H and O–H groups in total. The van der Waals surface area contributed by atoms with Crippen molar-refractivity contribution < 1.29 is 51.2 Å². The number of rotatable bonds is 9. The first kappa shape index (κ1) is 38.0. The number of carbonyl (C=O) groups excluding carboxylic acids is 2. The molecule has 2 heterocycles. The average molecular weight is 735 g/mol. The zero-order valence-corrected chi connectivity index (χ0v) is 31.4. The Bertz CT molecular complexity index is 2140. The van der Waals surface area contributed by atoms with Gasteiger partial charge in [-0.3, -0.25) is 4.79 Å². The monoisotopic (exact) mass is 734 g/mol. The predicted molar refractivity (Wildman–Crippen MR) is 192 cm³/mol. The first-order valence-corrected chi connectivity index (χ1v) is 17.6. The van der Waals surface area contributed by atoms with E-state index >= 15 is 0 Å². The minimum Gasteiger partial charge on any atom is -0.497 e. The largest absolute Gasteiger partial charge is 0.497 e. The molecule has 1 aliphatic rings. The first-order valence-electron chi connectivity index (χ1n) is 16.2. The summed E-state index contributed by atoms with van der Waals surface area (Å²) in [6.07, 6.45) is 0.601. The summed E-state index contributed by atoms with van der Waals surface area (Å²) in [5.74, 6) is 5.95. The third kappa shape index (κ3) is 7.97. The maximum Gasteiger partial charge on any atom is 0.409 e. The van der Waals surface area contributed by atoms with Gasteiger partial charge in [-0.2, -0.15) is 0 Å². The van der Waals surface area contributed by atoms with Crippen molar-refractivity contribution in [3.05, 3.63) is 77.5 Å². The molecule has 52 heavy (non-hydrogen) atoms. The van der Waals surface area contributed by atoms with Crippen LogP contribution in [0.25, 0.3) is 10.9 Å². The van der Waals surface area contributed by atoms with Crippen molar-refractivity contribution in [2.45, 2.75) is 56.4 Å². The lowest BCUT2D eigenvalue weighted by molar-refractivity contribution is -0.262. The van der Waals surface area contributed by atoms with Crippen molar-refractivity contribution in [3.63, 3.8) is 0 Å². The van der Waals surface area contributed by atoms with Gasteiger partial charge in [0, 0.05) is 34.3 Å². The predicted octanol–water partition coefficient (Wildman–Crippen LogP) is 5.54. The maximum atomic E-state index is 14.2. The SMILES string of the molecule is COc1ccc2c(C(=O)c3cc(OC)c(OC)c(OC)c3)cn(S(=O)(=O)c3ccc(C#CC4(NC(=O)OC(C)(C)C)COC(C)(C)OC4)cc3)c2c1. The summed E-state index contributed by atoms with van der Waals surface area (Å²) in [6, 6.07) is 13.7. The van der Waals surface area contributed by atoms with E-state index < -0.39 is 38.8 Å². The summed E-state index contributed by atoms with van der Waals surface area (Å²) < 4.78 is 68.1. The molecule has 0 bridgehead atoms. The van der Waals surface area contributed by atoms with Gasteiger partial charge in [0.2, 0.25) is 5.75 Å². The summed E-state index contributed by atoms with van der Waals surface area (Å²) in [4.78, 5) is 26.7. The number of nitrogens with zero attached hydrogens (tertiary/aromatic N) is 1. The van der Waals surface area contributed by atoms with E-state index in [1.54, 1.807) is 65.0 Å². The van der Waals surface area contributed by atoms with E-state index in [9.17, 15) is 18.0 Å². The molecule has 4 aromatic rings. The van der Waals surface area contributed by atoms with Gasteiger partial charge in [0.25, 0.3) is 10.0 Å². The van der Waals surface area contributed by atoms with Gasteiger partial charge in [-0.05, 0) is 83.1 Å². The van der Waals surface area contributed by atoms with Crippen molar-refractivity contribution in [1.29, 1.82) is 0 Å². The van der Waals surface area contributed by atoms with E-state index in [1.807, 2.05) is 0 Å². The third-order valence-electron chi connectivity index (χ3n) is 8.08. The van der Waals surface area contributed by atoms with E-state index in [1.165, 1.54) is 58.9 Å². The number of amides is 1. The molecule has 0 radical (unpaired) electrons. The number of methoxy groups -OCH3 is 4. The minimum atomic E-state index is -4.25. The van der Waals surface area contributed by atoms with Gasteiger partial charge >= 0.3 is 6.09 Å². The van der Waals surface area contributed by atoms with Crippen LogP contribution in [0.3, 0.4) is 0 Å². The second-order valence-corrected chi connectivity index (χ2v) is 15.2. The topological polar surface area (TPSA) is 150 Å². The summed E-state index contributed by atoms with van der Waals surface area (Å²) in [7, 11) is 1.53. The molecule has 1 fully saturated rings. The molecule has 13 nitrogen and oxygen atoms in total. The first-order chi connectivity index (χ1) is 24.4. The number of fused-ring (bicyclic) bond motifs is 1. The highest BCUT2D eigenvalue weighted by atomic mass is 32.2. The summed E-state index contributed by atoms with van der Waals surface area (Å²) in [5, 5.41) is 3.16. The van der Waals surface area contributed by atoms with Crippen LogP contribution < -0.4 is 24.3 Å². The van der Waals surface area contributed by atoms with Gasteiger partial charge in [-0.15, -0.1) is 0 Å². The molecular weight excluding hydrogens is 692 g/mol. The van der Waals surface area contributed by atoms with Crippen LogP contribution in [0.2, 0.25) is 0 Å². The number of alkyl carbamates (subject to hydrolysis) is 1. The zero-order valence-electron chi connectivity index (χ0n) is 30.5. The van der Waals surface area contributed by atoms with Crippen LogP contribution in [-0.4, -0.2) is 82.8 Å². The van der Waals surface area contributed by atoms with Crippen molar-refractivity contribution in [2.75, 3.05) is 41.7 Å². The summed E-state index contributed by atoms with van der Waals surface area (Å²) in [5.41, 5.74) is -0.953. The molecular formula is C38H42N2O11S. The Morgan fingerprint density at radius 2 is 1.48 bits per heavy atom. The van der Waals surface area contributed by atoms with E-state index in [0.717, 1.165) is 3.97 Å². The van der Waals surface area contributed by atoms with Crippen LogP contribution in [0.4, 0.5) is 4.79 Å². The standard InChI is InChI=1S/C38H42N2O11S/c1-36(2,3)51-35(42)39-38(22-49-37(4,5)50-23-38)17-16-24-10-13-27(14-11-24)52(43,44)40-21-29(28-15-12-26(45-6)20-30(28)40)33(41)25-18-31(46-7)34(48-9)32(19-25)47-8/h10-15,18-21H,22-23H2,1-9H3,(H,39,42). The van der Waals surface area contributed by atoms with Gasteiger partial charge in [0.15, 0.2) is 28.6 Å². The van der Waals surface area contributed by atoms with E-state index in [-0.39, 0.29) is 46.3 Å². The molecule has 0 spiro atoms. The lowest BCUT2D eigenvalue weighted by atomic mass is 10.0. The molecule has 1 amide bonds. The van der Waals surface area contributed by atoms with Gasteiger partial charge in [-0.25, -0.2) is 17.2 Å². The Morgan fingerprint density at radius 1 is 0.865 bits per heavy atom. The average Bonchev–Trinajstić information content (AvgIpc) is 3.50. The number of benzene rings is 3. The lowest BCUT2D eigenvalue weighted by Gasteiger charge is -2.41. The molecule has 1 aliphatic heterocycles. The van der Waals surface area contributed by atoms with E-state index in [2.05, 4.69) is 17.2 Å². The Morgan fingerprint density at radius 3 is 2.02 bits per heavy atom. The number of carbonyl (C=O) groups is 2. The Balaban J connectivity index is 1.51. The Kier molecular flexibility index (Phi) is 10.5. The molecule has 276 valence electrons. The van der Waals surface area contributed by atoms with Crippen LogP contribution in [0, 0.1) is 11.8 Å². The zero-order chi connectivity index (χ0) is 38.1. The van der Waals surface area contributed by atoms with Crippen LogP contribution in [0.15, 0.2) is 65.7 Å². The second kappa shape index (κ2) is 14.4. The van der Waals surface area contributed by atoms with Crippen LogP contribution in [-0.2, 0) is 24.2 Å². The molecule has 5 rings (SSSR count). The fourth-order valence-corrected chi connectivity index (χ4v) is 6.78. The van der Waals surface area contributed by atoms with Crippen LogP contribution >= 0.6 is 0 Å². The summed E-state index contributed by atoms with van der Waals surface area (Å²) >= 11 is 0. The van der Waals surface area contributed by atoms with Crippen LogP contribution in [0.1, 0.15) is 56.1 Å². The number of ether oxygens (including phenoxy) is 7. The van der Waals surface area contributed by atoms with E-state index in [0.29, 0.717) is 22.4 Å². The fraction of sp³-hybridized carbons (Fsp3) is 0.368. The molecule has 0 aliphatic carbocycles. The van der Waals surface area contributed by atoms with Crippen molar-refractivity contribution in [3.8, 4) is 34.8 Å². The van der Waals surface area contributed by atoms with Gasteiger partial charge in [-0.1, -0.05) is 11.8 Å². The Hall–Kier alpha value is -5.23. The molecule has 1 saturated heterocycles. The molecule has 0 unspecified atom stereocenters. The highest BCUT2D eigenvalue weighted by Crippen LogP contribution is 2.40. The van der Waals surface area contributed by atoms with Crippen molar-refractivity contribution in [1.82, 2.24) is 9.29 Å². The highest BCUT2D eigenvalue weighted by Gasteiger charge is 2.41. The minimum absolute atomic E-state index is 0.0278. The number of aromatic nitrogens is 1. The third-order valence-corrected chi connectivity index (χ3v) is 9.77. The van der Waals surface area contributed by atoms with E-state index in [4.69, 9.17) is 33.2 Å². The number of hydrogen-bond donors (Lipinski definition) is 1. The maximum absolute atomic E-state index is 14.2. The van der Waals surface area contributed by atoms with Gasteiger partial charge in [0.1, 0.15) is 11.4 Å². The quantitative estimate of drug-likeness (QED) is 0.171. The highest BCUT2D eigenvalue weighted by molar-refractivity contribution is 7.90. The molecule has 14 heteroatoms. The number of ketones is 1. The van der Waals surface area contributed by atoms with Crippen LogP contribution in [0.5, 0.6) is 23.0 Å². The van der Waals surface area contributed by atoms with Crippen molar-refractivity contribution in [2.24, 2.45) is 0 Å². The number of nitrogens with one attached hydrogen (secondary N) is 1. The van der Waals surface area contributed by atoms with Crippen molar-refractivity contribution >= 4 is 32.8 Å². The lowest BCUT2D eigenvalue weighted by Crippen LogP contribution is -2.60.